The van der Waals surface area contributed by atoms with Crippen LogP contribution in [0.5, 0.6) is 0 Å². The summed E-state index contributed by atoms with van der Waals surface area (Å²) in [6.07, 6.45) is 4.79. The fraction of sp³-hybridized carbons (Fsp3) is 0.533. The van der Waals surface area contributed by atoms with Crippen LogP contribution < -0.4 is 0 Å². The van der Waals surface area contributed by atoms with Crippen molar-refractivity contribution in [1.82, 2.24) is 0 Å². The molecule has 2 heteroatoms. The first-order chi connectivity index (χ1) is 8.19. The largest absolute Gasteiger partial charge is 0.299 e. The molecule has 1 aromatic carbocycles. The minimum atomic E-state index is -0.256. The molecule has 0 N–H and O–H groups in total. The lowest BCUT2D eigenvalue weighted by Gasteiger charge is -2.09. The molecule has 0 saturated heterocycles. The normalized spacial score (nSPS) is 23.9. The molecule has 0 heterocycles. The Balaban J connectivity index is 1.93. The van der Waals surface area contributed by atoms with E-state index >= 15 is 0 Å². The Morgan fingerprint density at radius 1 is 1.41 bits per heavy atom. The van der Waals surface area contributed by atoms with Gasteiger partial charge < -0.3 is 0 Å². The third-order valence-corrected chi connectivity index (χ3v) is 3.84. The molecule has 2 atom stereocenters. The van der Waals surface area contributed by atoms with Gasteiger partial charge in [0.2, 0.25) is 0 Å². The highest BCUT2D eigenvalue weighted by molar-refractivity contribution is 5.83. The molecular weight excluding hydrogens is 215 g/mol. The molecule has 17 heavy (non-hydrogen) atoms. The number of carbonyl (C=O) groups is 1. The minimum Gasteiger partial charge on any atom is -0.299 e. The molecule has 0 aromatic heterocycles. The number of carbonyl (C=O) groups excluding carboxylic acids is 1. The van der Waals surface area contributed by atoms with Gasteiger partial charge >= 0.3 is 0 Å². The SMILES string of the molecule is CCC1CCC(C(=O)Cc2cccc(F)c2)C1. The van der Waals surface area contributed by atoms with Crippen LogP contribution in [-0.4, -0.2) is 5.78 Å². The molecule has 1 aromatic rings. The van der Waals surface area contributed by atoms with E-state index in [1.54, 1.807) is 6.07 Å². The summed E-state index contributed by atoms with van der Waals surface area (Å²) in [6.45, 7) is 2.18. The van der Waals surface area contributed by atoms with Gasteiger partial charge in [0.15, 0.2) is 0 Å². The molecule has 1 nitrogen and oxygen atoms in total. The molecule has 0 bridgehead atoms. The predicted octanol–water partition coefficient (Wildman–Crippen LogP) is 3.76. The van der Waals surface area contributed by atoms with E-state index in [-0.39, 0.29) is 17.5 Å². The summed E-state index contributed by atoms with van der Waals surface area (Å²) in [5.41, 5.74) is 0.801. The second-order valence-corrected chi connectivity index (χ2v) is 5.06. The van der Waals surface area contributed by atoms with E-state index in [4.69, 9.17) is 0 Å². The summed E-state index contributed by atoms with van der Waals surface area (Å²) < 4.78 is 13.0. The third-order valence-electron chi connectivity index (χ3n) is 3.84. The van der Waals surface area contributed by atoms with Gasteiger partial charge in [0.25, 0.3) is 0 Å². The molecule has 0 radical (unpaired) electrons. The summed E-state index contributed by atoms with van der Waals surface area (Å²) in [4.78, 5) is 12.1. The van der Waals surface area contributed by atoms with Crippen LogP contribution in [0.25, 0.3) is 0 Å². The van der Waals surface area contributed by atoms with Crippen LogP contribution in [0, 0.1) is 17.7 Å². The molecule has 0 amide bonds. The van der Waals surface area contributed by atoms with Crippen LogP contribution >= 0.6 is 0 Å². The van der Waals surface area contributed by atoms with E-state index in [1.165, 1.54) is 25.0 Å². The quantitative estimate of drug-likeness (QED) is 0.775. The highest BCUT2D eigenvalue weighted by atomic mass is 19.1. The molecule has 2 unspecified atom stereocenters. The monoisotopic (exact) mass is 234 g/mol. The van der Waals surface area contributed by atoms with E-state index in [1.807, 2.05) is 6.07 Å². The first-order valence-electron chi connectivity index (χ1n) is 6.46. The van der Waals surface area contributed by atoms with Crippen molar-refractivity contribution in [3.05, 3.63) is 35.6 Å². The average Bonchev–Trinajstić information content (AvgIpc) is 2.77. The summed E-state index contributed by atoms with van der Waals surface area (Å²) in [5.74, 6) is 0.958. The topological polar surface area (TPSA) is 17.1 Å². The maximum Gasteiger partial charge on any atom is 0.140 e. The zero-order valence-electron chi connectivity index (χ0n) is 10.3. The van der Waals surface area contributed by atoms with Crippen molar-refractivity contribution in [3.8, 4) is 0 Å². The second kappa shape index (κ2) is 5.44. The number of Topliss-reactive ketones (excluding diaryl/α,β-unsaturated/α-hetero) is 1. The van der Waals surface area contributed by atoms with Crippen molar-refractivity contribution in [1.29, 1.82) is 0 Å². The molecule has 1 fully saturated rings. The van der Waals surface area contributed by atoms with Crippen molar-refractivity contribution in [2.45, 2.75) is 39.0 Å². The van der Waals surface area contributed by atoms with Crippen molar-refractivity contribution in [3.63, 3.8) is 0 Å². The zero-order valence-corrected chi connectivity index (χ0v) is 10.3. The maximum absolute atomic E-state index is 13.0. The van der Waals surface area contributed by atoms with Crippen LogP contribution in [0.1, 0.15) is 38.2 Å². The van der Waals surface area contributed by atoms with Gasteiger partial charge in [0.05, 0.1) is 0 Å². The summed E-state index contributed by atoms with van der Waals surface area (Å²) in [6, 6.07) is 6.37. The van der Waals surface area contributed by atoms with Crippen LogP contribution in [0.4, 0.5) is 4.39 Å². The maximum atomic E-state index is 13.0. The Bertz CT molecular complexity index is 400. The van der Waals surface area contributed by atoms with Gasteiger partial charge in [-0.2, -0.15) is 0 Å². The zero-order chi connectivity index (χ0) is 12.3. The van der Waals surface area contributed by atoms with Crippen molar-refractivity contribution >= 4 is 5.78 Å². The van der Waals surface area contributed by atoms with E-state index < -0.39 is 0 Å². The number of benzene rings is 1. The highest BCUT2D eigenvalue weighted by Gasteiger charge is 2.28. The van der Waals surface area contributed by atoms with Gasteiger partial charge in [0, 0.05) is 12.3 Å². The first kappa shape index (κ1) is 12.3. The molecule has 92 valence electrons. The fourth-order valence-electron chi connectivity index (χ4n) is 2.73. The molecule has 1 saturated carbocycles. The van der Waals surface area contributed by atoms with Crippen LogP contribution in [0.15, 0.2) is 24.3 Å². The first-order valence-corrected chi connectivity index (χ1v) is 6.46. The smallest absolute Gasteiger partial charge is 0.140 e. The molecular formula is C15H19FO. The summed E-state index contributed by atoms with van der Waals surface area (Å²) in [7, 11) is 0. The standard InChI is InChI=1S/C15H19FO/c1-2-11-6-7-13(8-11)15(17)10-12-4-3-5-14(16)9-12/h3-5,9,11,13H,2,6-8,10H2,1H3. The lowest BCUT2D eigenvalue weighted by Crippen LogP contribution is -2.14. The second-order valence-electron chi connectivity index (χ2n) is 5.06. The van der Waals surface area contributed by atoms with Crippen molar-refractivity contribution in [2.24, 2.45) is 11.8 Å². The number of ketones is 1. The molecule has 0 aliphatic heterocycles. The Hall–Kier alpha value is -1.18. The van der Waals surface area contributed by atoms with E-state index in [9.17, 15) is 9.18 Å². The average molecular weight is 234 g/mol. The molecule has 0 spiro atoms. The molecule has 2 rings (SSSR count). The van der Waals surface area contributed by atoms with E-state index in [0.717, 1.165) is 24.3 Å². The van der Waals surface area contributed by atoms with Gasteiger partial charge in [0.1, 0.15) is 11.6 Å². The number of hydrogen-bond acceptors (Lipinski definition) is 1. The Kier molecular flexibility index (Phi) is 3.93. The van der Waals surface area contributed by atoms with Crippen LogP contribution in [-0.2, 0) is 11.2 Å². The van der Waals surface area contributed by atoms with E-state index in [2.05, 4.69) is 6.92 Å². The molecule has 1 aliphatic carbocycles. The predicted molar refractivity (Wildman–Crippen MR) is 66.2 cm³/mol. The van der Waals surface area contributed by atoms with Gasteiger partial charge in [-0.3, -0.25) is 4.79 Å². The Morgan fingerprint density at radius 2 is 2.24 bits per heavy atom. The van der Waals surface area contributed by atoms with Crippen molar-refractivity contribution < 1.29 is 9.18 Å². The van der Waals surface area contributed by atoms with Gasteiger partial charge in [-0.1, -0.05) is 25.5 Å². The van der Waals surface area contributed by atoms with Crippen molar-refractivity contribution in [2.75, 3.05) is 0 Å². The lowest BCUT2D eigenvalue weighted by atomic mass is 9.95. The number of halogens is 1. The van der Waals surface area contributed by atoms with Crippen LogP contribution in [0.2, 0.25) is 0 Å². The lowest BCUT2D eigenvalue weighted by molar-refractivity contribution is -0.122. The Labute approximate surface area is 102 Å². The summed E-state index contributed by atoms with van der Waals surface area (Å²) in [5, 5.41) is 0. The third kappa shape index (κ3) is 3.15. The minimum absolute atomic E-state index is 0.211. The number of rotatable bonds is 4. The number of hydrogen-bond donors (Lipinski definition) is 0. The van der Waals surface area contributed by atoms with E-state index in [0.29, 0.717) is 6.42 Å². The van der Waals surface area contributed by atoms with Gasteiger partial charge in [-0.05, 0) is 42.9 Å². The molecule has 1 aliphatic rings. The Morgan fingerprint density at radius 3 is 2.88 bits per heavy atom. The van der Waals surface area contributed by atoms with Gasteiger partial charge in [-0.25, -0.2) is 4.39 Å². The summed E-state index contributed by atoms with van der Waals surface area (Å²) >= 11 is 0. The highest BCUT2D eigenvalue weighted by Crippen LogP contribution is 2.33. The van der Waals surface area contributed by atoms with Crippen LogP contribution in [0.3, 0.4) is 0 Å². The van der Waals surface area contributed by atoms with Gasteiger partial charge in [-0.15, -0.1) is 0 Å². The fourth-order valence-corrected chi connectivity index (χ4v) is 2.73.